The van der Waals surface area contributed by atoms with Crippen LogP contribution in [-0.4, -0.2) is 15.7 Å². The number of allylic oxidation sites excluding steroid dienone is 1. The Morgan fingerprint density at radius 3 is 1.84 bits per heavy atom. The van der Waals surface area contributed by atoms with Crippen LogP contribution in [0.1, 0.15) is 27.8 Å². The van der Waals surface area contributed by atoms with E-state index >= 15 is 0 Å². The second-order valence-electron chi connectivity index (χ2n) is 15.4. The first-order valence-corrected chi connectivity index (χ1v) is 21.5. The van der Waals surface area contributed by atoms with E-state index in [4.69, 9.17) is 9.97 Å². The summed E-state index contributed by atoms with van der Waals surface area (Å²) < 4.78 is 2.57. The molecule has 8 aromatic carbocycles. The van der Waals surface area contributed by atoms with E-state index in [0.29, 0.717) is 11.5 Å². The van der Waals surface area contributed by atoms with Crippen LogP contribution >= 0.6 is 11.3 Å². The van der Waals surface area contributed by atoms with Crippen LogP contribution in [0.2, 0.25) is 0 Å². The minimum absolute atomic E-state index is 0.416. The molecule has 1 aliphatic heterocycles. The maximum absolute atomic E-state index is 9.87. The van der Waals surface area contributed by atoms with Crippen molar-refractivity contribution in [3.63, 3.8) is 0 Å². The van der Waals surface area contributed by atoms with Gasteiger partial charge in [-0.2, -0.15) is 0 Å². The number of fused-ring (bicyclic) bond motifs is 4. The summed E-state index contributed by atoms with van der Waals surface area (Å²) in [6, 6.07) is 73.5. The van der Waals surface area contributed by atoms with Crippen molar-refractivity contribution in [2.45, 2.75) is 0 Å². The van der Waals surface area contributed by atoms with Gasteiger partial charge >= 0.3 is 0 Å². The minimum Gasteiger partial charge on any atom is -0.354 e. The van der Waals surface area contributed by atoms with Crippen LogP contribution in [0.4, 0.5) is 0 Å². The number of hydrogen-bond donors (Lipinski definition) is 2. The van der Waals surface area contributed by atoms with Crippen LogP contribution in [0.15, 0.2) is 212 Å². The summed E-state index contributed by atoms with van der Waals surface area (Å²) in [7, 11) is 0. The molecule has 2 N–H and O–H groups in total. The molecular formula is C57H38N4S. The van der Waals surface area contributed by atoms with Gasteiger partial charge in [0.2, 0.25) is 0 Å². The molecular weight excluding hydrogens is 773 g/mol. The molecule has 0 radical (unpaired) electrons. The molecule has 0 bridgehead atoms. The van der Waals surface area contributed by atoms with Gasteiger partial charge in [0.05, 0.1) is 22.8 Å². The summed E-state index contributed by atoms with van der Waals surface area (Å²) in [5.74, 6) is 0.623. The smallest absolute Gasteiger partial charge is 0.160 e. The molecule has 3 heterocycles. The Hall–Kier alpha value is -7.99. The Bertz CT molecular complexity index is 3370. The zero-order valence-corrected chi connectivity index (χ0v) is 34.4. The lowest BCUT2D eigenvalue weighted by Gasteiger charge is -2.26. The molecule has 0 aliphatic carbocycles. The average molecular weight is 811 g/mol. The molecule has 62 heavy (non-hydrogen) atoms. The summed E-state index contributed by atoms with van der Waals surface area (Å²) in [5, 5.41) is 16.2. The largest absolute Gasteiger partial charge is 0.354 e. The molecule has 1 aliphatic rings. The molecule has 5 heteroatoms. The molecule has 292 valence electrons. The van der Waals surface area contributed by atoms with Crippen LogP contribution < -0.4 is 5.32 Å². The maximum atomic E-state index is 9.87. The Balaban J connectivity index is 0.998. The number of nitrogens with zero attached hydrogens (tertiary/aromatic N) is 2. The van der Waals surface area contributed by atoms with E-state index in [1.165, 1.54) is 25.7 Å². The van der Waals surface area contributed by atoms with Gasteiger partial charge in [0, 0.05) is 59.3 Å². The van der Waals surface area contributed by atoms with E-state index in [9.17, 15) is 5.41 Å². The van der Waals surface area contributed by atoms with Crippen molar-refractivity contribution in [2.75, 3.05) is 0 Å². The Morgan fingerprint density at radius 2 is 1.05 bits per heavy atom. The van der Waals surface area contributed by atoms with Gasteiger partial charge in [-0.1, -0.05) is 188 Å². The lowest BCUT2D eigenvalue weighted by atomic mass is 9.88. The Kier molecular flexibility index (Phi) is 9.49. The summed E-state index contributed by atoms with van der Waals surface area (Å²) in [6.07, 6.45) is 2.19. The zero-order chi connectivity index (χ0) is 41.4. The molecule has 0 amide bonds. The third kappa shape index (κ3) is 6.90. The average Bonchev–Trinajstić information content (AvgIpc) is 3.74. The van der Waals surface area contributed by atoms with E-state index in [1.54, 1.807) is 0 Å². The van der Waals surface area contributed by atoms with Crippen molar-refractivity contribution >= 4 is 60.3 Å². The zero-order valence-electron chi connectivity index (χ0n) is 33.6. The van der Waals surface area contributed by atoms with Crippen molar-refractivity contribution in [1.29, 1.82) is 5.41 Å². The van der Waals surface area contributed by atoms with Gasteiger partial charge in [-0.25, -0.2) is 9.97 Å². The minimum atomic E-state index is 0.416. The van der Waals surface area contributed by atoms with E-state index < -0.39 is 0 Å². The number of thiophene rings is 1. The van der Waals surface area contributed by atoms with Gasteiger partial charge in [-0.05, 0) is 58.2 Å². The van der Waals surface area contributed by atoms with Gasteiger partial charge in [-0.15, -0.1) is 11.3 Å². The number of nitrogens with one attached hydrogen (secondary N) is 2. The van der Waals surface area contributed by atoms with Crippen molar-refractivity contribution in [1.82, 2.24) is 15.3 Å². The monoisotopic (exact) mass is 810 g/mol. The van der Waals surface area contributed by atoms with Crippen LogP contribution in [0.5, 0.6) is 0 Å². The molecule has 0 saturated carbocycles. The molecule has 0 saturated heterocycles. The highest BCUT2D eigenvalue weighted by molar-refractivity contribution is 7.25. The highest BCUT2D eigenvalue weighted by Crippen LogP contribution is 2.41. The molecule has 4 nitrogen and oxygen atoms in total. The first-order valence-electron chi connectivity index (χ1n) is 20.7. The van der Waals surface area contributed by atoms with E-state index in [0.717, 1.165) is 78.4 Å². The number of hydrogen-bond acceptors (Lipinski definition) is 5. The third-order valence-corrected chi connectivity index (χ3v) is 12.7. The fraction of sp³-hybridized carbons (Fsp3) is 0. The SMILES string of the molecule is N=C(/C(=C1\NC(c2ccccc2)=Cc2ccccc21)c1ccccc1)c1ccc(-c2nc(-c3ccccc3)cc(-c3cccc(-c4cccc5sc6ccccc6c45)c3)n2)cc1. The van der Waals surface area contributed by atoms with Gasteiger partial charge in [0.1, 0.15) is 0 Å². The van der Waals surface area contributed by atoms with Gasteiger partial charge < -0.3 is 5.32 Å². The molecule has 0 fully saturated rings. The first kappa shape index (κ1) is 37.0. The molecule has 0 unspecified atom stereocenters. The standard InChI is InChI=1S/C57H38N4S/c58-55(53(39-20-8-3-9-21-39)56-46-25-11-10-22-43(46)35-48(59-56)37-16-4-1-5-17-37)40-30-32-41(33-31-40)57-60-49(38-18-6-2-7-19-38)36-50(61-57)44-24-14-23-42(34-44)45-27-15-29-52-54(45)47-26-12-13-28-51(47)62-52/h1-36,58-59H/b56-53-,58-55?. The van der Waals surface area contributed by atoms with Gasteiger partial charge in [0.25, 0.3) is 0 Å². The maximum Gasteiger partial charge on any atom is 0.160 e. The fourth-order valence-electron chi connectivity index (χ4n) is 8.51. The second kappa shape index (κ2) is 15.9. The van der Waals surface area contributed by atoms with Crippen LogP contribution in [0, 0.1) is 5.41 Å². The highest BCUT2D eigenvalue weighted by Gasteiger charge is 2.24. The van der Waals surface area contributed by atoms with Crippen LogP contribution in [-0.2, 0) is 0 Å². The molecule has 2 aromatic heterocycles. The van der Waals surface area contributed by atoms with Crippen molar-refractivity contribution in [2.24, 2.45) is 0 Å². The van der Waals surface area contributed by atoms with Crippen molar-refractivity contribution < 1.29 is 0 Å². The van der Waals surface area contributed by atoms with Crippen molar-refractivity contribution in [3.05, 3.63) is 240 Å². The summed E-state index contributed by atoms with van der Waals surface area (Å²) in [5.41, 5.74) is 15.1. The van der Waals surface area contributed by atoms with Crippen LogP contribution in [0.3, 0.4) is 0 Å². The summed E-state index contributed by atoms with van der Waals surface area (Å²) in [4.78, 5) is 10.4. The number of rotatable bonds is 8. The van der Waals surface area contributed by atoms with Gasteiger partial charge in [0.15, 0.2) is 5.82 Å². The lowest BCUT2D eigenvalue weighted by Crippen LogP contribution is -2.20. The predicted octanol–water partition coefficient (Wildman–Crippen LogP) is 14.6. The summed E-state index contributed by atoms with van der Waals surface area (Å²) in [6.45, 7) is 0. The quantitative estimate of drug-likeness (QED) is 0.150. The van der Waals surface area contributed by atoms with E-state index in [1.807, 2.05) is 78.1 Å². The number of aromatic nitrogens is 2. The normalized spacial score (nSPS) is 13.0. The Morgan fingerprint density at radius 1 is 0.452 bits per heavy atom. The third-order valence-electron chi connectivity index (χ3n) is 11.5. The lowest BCUT2D eigenvalue weighted by molar-refractivity contribution is 1.18. The molecule has 0 spiro atoms. The molecule has 11 rings (SSSR count). The second-order valence-corrected chi connectivity index (χ2v) is 16.5. The number of benzene rings is 8. The topological polar surface area (TPSA) is 61.7 Å². The summed E-state index contributed by atoms with van der Waals surface area (Å²) >= 11 is 1.84. The highest BCUT2D eigenvalue weighted by atomic mass is 32.1. The fourth-order valence-corrected chi connectivity index (χ4v) is 9.64. The van der Waals surface area contributed by atoms with Gasteiger partial charge in [-0.3, -0.25) is 5.41 Å². The van der Waals surface area contributed by atoms with E-state index in [2.05, 4.69) is 157 Å². The first-order chi connectivity index (χ1) is 30.6. The van der Waals surface area contributed by atoms with Crippen LogP contribution in [0.25, 0.3) is 88.2 Å². The van der Waals surface area contributed by atoms with Crippen molar-refractivity contribution in [3.8, 4) is 45.0 Å². The molecule has 0 atom stereocenters. The van der Waals surface area contributed by atoms with E-state index in [-0.39, 0.29) is 0 Å². The molecule has 10 aromatic rings. The Labute approximate surface area is 364 Å². The predicted molar refractivity (Wildman–Crippen MR) is 261 cm³/mol.